The Hall–Kier alpha value is -0.880. The summed E-state index contributed by atoms with van der Waals surface area (Å²) in [5, 5.41) is 9.77. The van der Waals surface area contributed by atoms with Crippen LogP contribution in [0.3, 0.4) is 0 Å². The van der Waals surface area contributed by atoms with Crippen LogP contribution in [0, 0.1) is 24.2 Å². The summed E-state index contributed by atoms with van der Waals surface area (Å²) in [7, 11) is 0. The highest BCUT2D eigenvalue weighted by molar-refractivity contribution is 7.12. The molecule has 0 amide bonds. The molecule has 1 heterocycles. The summed E-state index contributed by atoms with van der Waals surface area (Å²) in [5.74, 6) is 0.613. The zero-order valence-corrected chi connectivity index (χ0v) is 8.40. The Bertz CT molecular complexity index is 307. The number of hydrogen-bond donors (Lipinski definition) is 0. The van der Waals surface area contributed by atoms with Crippen molar-refractivity contribution in [3.8, 4) is 6.07 Å². The number of rotatable bonds is 2. The van der Waals surface area contributed by atoms with E-state index in [2.05, 4.69) is 24.9 Å². The summed E-state index contributed by atoms with van der Waals surface area (Å²) in [6.07, 6.45) is 0.979. The Balaban J connectivity index is 2.84. The van der Waals surface area contributed by atoms with Gasteiger partial charge in [-0.3, -0.25) is 0 Å². The van der Waals surface area contributed by atoms with Gasteiger partial charge in [-0.1, -0.05) is 13.8 Å². The molecule has 0 unspecified atom stereocenters. The molecule has 3 heteroatoms. The maximum Gasteiger partial charge on any atom is 0.127 e. The molecule has 64 valence electrons. The first-order valence-corrected chi connectivity index (χ1v) is 4.81. The second kappa shape index (κ2) is 3.68. The highest BCUT2D eigenvalue weighted by Crippen LogP contribution is 2.19. The molecule has 0 atom stereocenters. The van der Waals surface area contributed by atoms with Gasteiger partial charge in [-0.2, -0.15) is 5.26 Å². The van der Waals surface area contributed by atoms with E-state index in [1.54, 1.807) is 0 Å². The molecular weight excluding hydrogens is 168 g/mol. The van der Waals surface area contributed by atoms with Gasteiger partial charge in [0, 0.05) is 6.42 Å². The topological polar surface area (TPSA) is 36.7 Å². The highest BCUT2D eigenvalue weighted by Gasteiger charge is 2.07. The fourth-order valence-electron chi connectivity index (χ4n) is 0.993. The summed E-state index contributed by atoms with van der Waals surface area (Å²) < 4.78 is 0. The fraction of sp³-hybridized carbons (Fsp3) is 0.556. The van der Waals surface area contributed by atoms with Crippen LogP contribution in [0.2, 0.25) is 0 Å². The molecule has 1 rings (SSSR count). The van der Waals surface area contributed by atoms with E-state index in [0.717, 1.165) is 22.0 Å². The first-order valence-electron chi connectivity index (χ1n) is 4.00. The molecule has 0 radical (unpaired) electrons. The van der Waals surface area contributed by atoms with Crippen LogP contribution in [0.1, 0.15) is 29.4 Å². The summed E-state index contributed by atoms with van der Waals surface area (Å²) >= 11 is 1.52. The lowest BCUT2D eigenvalue weighted by atomic mass is 10.1. The molecule has 0 saturated heterocycles. The van der Waals surface area contributed by atoms with Gasteiger partial charge in [-0.15, -0.1) is 11.3 Å². The molecule has 0 spiro atoms. The van der Waals surface area contributed by atoms with Crippen LogP contribution in [0.5, 0.6) is 0 Å². The minimum Gasteiger partial charge on any atom is -0.245 e. The molecule has 0 aliphatic rings. The Labute approximate surface area is 76.9 Å². The maximum absolute atomic E-state index is 8.69. The van der Waals surface area contributed by atoms with Gasteiger partial charge in [0.15, 0.2) is 0 Å². The lowest BCUT2D eigenvalue weighted by molar-refractivity contribution is 0.643. The minimum absolute atomic E-state index is 0.613. The predicted molar refractivity (Wildman–Crippen MR) is 50.1 cm³/mol. The van der Waals surface area contributed by atoms with Crippen molar-refractivity contribution in [2.45, 2.75) is 27.2 Å². The van der Waals surface area contributed by atoms with Crippen molar-refractivity contribution in [1.82, 2.24) is 4.98 Å². The van der Waals surface area contributed by atoms with Gasteiger partial charge in [-0.25, -0.2) is 4.98 Å². The van der Waals surface area contributed by atoms with Crippen molar-refractivity contribution in [2.24, 2.45) is 5.92 Å². The van der Waals surface area contributed by atoms with Crippen LogP contribution >= 0.6 is 11.3 Å². The molecule has 0 bridgehead atoms. The lowest BCUT2D eigenvalue weighted by Gasteiger charge is -1.97. The van der Waals surface area contributed by atoms with Crippen molar-refractivity contribution < 1.29 is 0 Å². The van der Waals surface area contributed by atoms with E-state index in [0.29, 0.717) is 5.92 Å². The maximum atomic E-state index is 8.69. The van der Waals surface area contributed by atoms with Crippen LogP contribution in [-0.2, 0) is 6.42 Å². The smallest absolute Gasteiger partial charge is 0.127 e. The normalized spacial score (nSPS) is 10.2. The SMILES string of the molecule is Cc1nc(CC(C)C)sc1C#N. The van der Waals surface area contributed by atoms with Gasteiger partial charge >= 0.3 is 0 Å². The Morgan fingerprint density at radius 1 is 1.58 bits per heavy atom. The number of aryl methyl sites for hydroxylation is 1. The van der Waals surface area contributed by atoms with Crippen LogP contribution in [-0.4, -0.2) is 4.98 Å². The first kappa shape index (κ1) is 9.21. The van der Waals surface area contributed by atoms with Gasteiger partial charge in [0.2, 0.25) is 0 Å². The van der Waals surface area contributed by atoms with E-state index >= 15 is 0 Å². The Morgan fingerprint density at radius 2 is 2.25 bits per heavy atom. The van der Waals surface area contributed by atoms with Crippen molar-refractivity contribution in [2.75, 3.05) is 0 Å². The summed E-state index contributed by atoms with van der Waals surface area (Å²) in [5.41, 5.74) is 0.873. The molecule has 0 aliphatic carbocycles. The standard InChI is InChI=1S/C9H12N2S/c1-6(2)4-9-11-7(3)8(5-10)12-9/h6H,4H2,1-3H3. The van der Waals surface area contributed by atoms with Gasteiger partial charge in [0.05, 0.1) is 10.7 Å². The second-order valence-corrected chi connectivity index (χ2v) is 4.32. The third-order valence-electron chi connectivity index (χ3n) is 1.53. The fourth-order valence-corrected chi connectivity index (χ4v) is 2.07. The second-order valence-electron chi connectivity index (χ2n) is 3.23. The number of thiazole rings is 1. The third kappa shape index (κ3) is 2.05. The van der Waals surface area contributed by atoms with Crippen molar-refractivity contribution in [3.63, 3.8) is 0 Å². The molecule has 1 aromatic heterocycles. The third-order valence-corrected chi connectivity index (χ3v) is 2.61. The van der Waals surface area contributed by atoms with Gasteiger partial charge in [0.1, 0.15) is 10.9 Å². The number of aromatic nitrogens is 1. The number of nitriles is 1. The predicted octanol–water partition coefficient (Wildman–Crippen LogP) is 2.52. The first-order chi connectivity index (χ1) is 5.63. The highest BCUT2D eigenvalue weighted by atomic mass is 32.1. The monoisotopic (exact) mass is 180 g/mol. The Kier molecular flexibility index (Phi) is 2.83. The zero-order valence-electron chi connectivity index (χ0n) is 7.59. The van der Waals surface area contributed by atoms with Crippen molar-refractivity contribution >= 4 is 11.3 Å². The van der Waals surface area contributed by atoms with Crippen LogP contribution in [0.25, 0.3) is 0 Å². The quantitative estimate of drug-likeness (QED) is 0.701. The molecular formula is C9H12N2S. The van der Waals surface area contributed by atoms with E-state index in [4.69, 9.17) is 5.26 Å². The van der Waals surface area contributed by atoms with Gasteiger partial charge < -0.3 is 0 Å². The molecule has 12 heavy (non-hydrogen) atoms. The summed E-state index contributed by atoms with van der Waals surface area (Å²) in [6.45, 7) is 6.20. The van der Waals surface area contributed by atoms with Crippen LogP contribution < -0.4 is 0 Å². The molecule has 0 aliphatic heterocycles. The van der Waals surface area contributed by atoms with Crippen LogP contribution in [0.4, 0.5) is 0 Å². The molecule has 0 aromatic carbocycles. The molecule has 0 saturated carbocycles. The molecule has 0 N–H and O–H groups in total. The zero-order chi connectivity index (χ0) is 9.14. The van der Waals surface area contributed by atoms with Gasteiger partial charge in [0.25, 0.3) is 0 Å². The largest absolute Gasteiger partial charge is 0.245 e. The molecule has 0 fully saturated rings. The number of nitrogens with zero attached hydrogens (tertiary/aromatic N) is 2. The molecule has 1 aromatic rings. The number of hydrogen-bond acceptors (Lipinski definition) is 3. The van der Waals surface area contributed by atoms with E-state index in [1.165, 1.54) is 11.3 Å². The lowest BCUT2D eigenvalue weighted by Crippen LogP contribution is -1.92. The average molecular weight is 180 g/mol. The summed E-state index contributed by atoms with van der Waals surface area (Å²) in [4.78, 5) is 5.07. The van der Waals surface area contributed by atoms with E-state index in [9.17, 15) is 0 Å². The average Bonchev–Trinajstić information content (AvgIpc) is 2.29. The Morgan fingerprint density at radius 3 is 2.67 bits per heavy atom. The minimum atomic E-state index is 0.613. The van der Waals surface area contributed by atoms with Crippen LogP contribution in [0.15, 0.2) is 0 Å². The summed E-state index contributed by atoms with van der Waals surface area (Å²) in [6, 6.07) is 2.14. The van der Waals surface area contributed by atoms with E-state index in [1.807, 2.05) is 6.92 Å². The van der Waals surface area contributed by atoms with Crippen molar-refractivity contribution in [1.29, 1.82) is 5.26 Å². The van der Waals surface area contributed by atoms with E-state index < -0.39 is 0 Å². The van der Waals surface area contributed by atoms with Gasteiger partial charge in [-0.05, 0) is 12.8 Å². The van der Waals surface area contributed by atoms with E-state index in [-0.39, 0.29) is 0 Å². The molecule has 2 nitrogen and oxygen atoms in total. The van der Waals surface area contributed by atoms with Crippen molar-refractivity contribution in [3.05, 3.63) is 15.6 Å².